The first-order valence-electron chi connectivity index (χ1n) is 7.97. The highest BCUT2D eigenvalue weighted by atomic mass is 32.2. The van der Waals surface area contributed by atoms with E-state index in [4.69, 9.17) is 4.42 Å². The minimum atomic E-state index is -0.738. The molecule has 2 aromatic heterocycles. The Morgan fingerprint density at radius 2 is 1.85 bits per heavy atom. The average molecular weight is 400 g/mol. The lowest BCUT2D eigenvalue weighted by Crippen LogP contribution is -2.34. The zero-order valence-corrected chi connectivity index (χ0v) is 16.0. The normalized spacial score (nSPS) is 10.4. The fourth-order valence-electron chi connectivity index (χ4n) is 2.30. The van der Waals surface area contributed by atoms with E-state index in [1.54, 1.807) is 36.4 Å². The van der Waals surface area contributed by atoms with Gasteiger partial charge in [0.05, 0.1) is 23.4 Å². The van der Waals surface area contributed by atoms with E-state index in [1.807, 2.05) is 18.4 Å². The molecule has 2 amide bonds. The molecule has 138 valence electrons. The maximum Gasteiger partial charge on any atom is 0.313 e. The summed E-state index contributed by atoms with van der Waals surface area (Å²) in [6, 6.07) is 13.9. The van der Waals surface area contributed by atoms with Gasteiger partial charge in [0, 0.05) is 9.77 Å². The number of anilines is 1. The molecule has 0 saturated carbocycles. The molecule has 3 rings (SSSR count). The van der Waals surface area contributed by atoms with E-state index in [1.165, 1.54) is 29.4 Å². The van der Waals surface area contributed by atoms with Crippen molar-refractivity contribution in [3.8, 4) is 0 Å². The van der Waals surface area contributed by atoms with Gasteiger partial charge >= 0.3 is 11.8 Å². The fourth-order valence-corrected chi connectivity index (χ4v) is 3.74. The molecule has 0 aliphatic heterocycles. The van der Waals surface area contributed by atoms with Gasteiger partial charge in [0.1, 0.15) is 0 Å². The number of nitrogens with one attached hydrogen (secondary N) is 2. The SMILES string of the molecule is CSc1ccccc1NC(=O)C(=O)NCc1ccc(C(=O)c2ccco2)s1. The van der Waals surface area contributed by atoms with Crippen LogP contribution < -0.4 is 10.6 Å². The molecular formula is C19H16N2O4S2. The Balaban J connectivity index is 1.56. The topological polar surface area (TPSA) is 88.4 Å². The highest BCUT2D eigenvalue weighted by Gasteiger charge is 2.17. The Morgan fingerprint density at radius 3 is 2.59 bits per heavy atom. The van der Waals surface area contributed by atoms with Gasteiger partial charge in [-0.25, -0.2) is 0 Å². The summed E-state index contributed by atoms with van der Waals surface area (Å²) in [6.45, 7) is 0.159. The number of thioether (sulfide) groups is 1. The number of para-hydroxylation sites is 1. The van der Waals surface area contributed by atoms with Gasteiger partial charge in [-0.3, -0.25) is 14.4 Å². The number of hydrogen-bond donors (Lipinski definition) is 2. The summed E-state index contributed by atoms with van der Waals surface area (Å²) >= 11 is 2.72. The van der Waals surface area contributed by atoms with Crippen LogP contribution in [0.3, 0.4) is 0 Å². The van der Waals surface area contributed by atoms with Crippen LogP contribution in [0.15, 0.2) is 64.1 Å². The number of furan rings is 1. The maximum atomic E-state index is 12.2. The van der Waals surface area contributed by atoms with Gasteiger partial charge in [0.2, 0.25) is 5.78 Å². The van der Waals surface area contributed by atoms with Gasteiger partial charge in [-0.15, -0.1) is 23.1 Å². The first-order chi connectivity index (χ1) is 13.1. The predicted octanol–water partition coefficient (Wildman–Crippen LogP) is 3.55. The third-order valence-electron chi connectivity index (χ3n) is 3.61. The van der Waals surface area contributed by atoms with Crippen molar-refractivity contribution < 1.29 is 18.8 Å². The molecule has 2 heterocycles. The standard InChI is InChI=1S/C19H16N2O4S2/c1-26-15-7-3-2-5-13(15)21-19(24)18(23)20-11-12-8-9-16(27-12)17(22)14-6-4-10-25-14/h2-10H,11H2,1H3,(H,20,23)(H,21,24). The van der Waals surface area contributed by atoms with Crippen molar-refractivity contribution in [3.63, 3.8) is 0 Å². The summed E-state index contributed by atoms with van der Waals surface area (Å²) in [4.78, 5) is 38.4. The van der Waals surface area contributed by atoms with Crippen LogP contribution >= 0.6 is 23.1 Å². The van der Waals surface area contributed by atoms with Crippen LogP contribution in [0.4, 0.5) is 5.69 Å². The molecule has 0 saturated heterocycles. The average Bonchev–Trinajstić information content (AvgIpc) is 3.38. The van der Waals surface area contributed by atoms with Crippen LogP contribution in [0.1, 0.15) is 20.3 Å². The highest BCUT2D eigenvalue weighted by Crippen LogP contribution is 2.24. The molecule has 0 atom stereocenters. The van der Waals surface area contributed by atoms with Crippen LogP contribution in [0.2, 0.25) is 0 Å². The third kappa shape index (κ3) is 4.66. The fraction of sp³-hybridized carbons (Fsp3) is 0.105. The molecule has 0 bridgehead atoms. The second kappa shape index (κ2) is 8.70. The van der Waals surface area contributed by atoms with E-state index in [-0.39, 0.29) is 18.1 Å². The van der Waals surface area contributed by atoms with Crippen molar-refractivity contribution in [2.24, 2.45) is 0 Å². The number of amides is 2. The quantitative estimate of drug-likeness (QED) is 0.375. The summed E-state index contributed by atoms with van der Waals surface area (Å²) in [7, 11) is 0. The zero-order valence-electron chi connectivity index (χ0n) is 14.4. The van der Waals surface area contributed by atoms with Crippen LogP contribution in [-0.4, -0.2) is 23.9 Å². The lowest BCUT2D eigenvalue weighted by molar-refractivity contribution is -0.136. The summed E-state index contributed by atoms with van der Waals surface area (Å²) < 4.78 is 5.10. The highest BCUT2D eigenvalue weighted by molar-refractivity contribution is 7.98. The maximum absolute atomic E-state index is 12.2. The predicted molar refractivity (Wildman–Crippen MR) is 105 cm³/mol. The van der Waals surface area contributed by atoms with E-state index in [0.29, 0.717) is 10.6 Å². The van der Waals surface area contributed by atoms with E-state index in [0.717, 1.165) is 9.77 Å². The Bertz CT molecular complexity index is 964. The molecule has 0 spiro atoms. The van der Waals surface area contributed by atoms with E-state index < -0.39 is 11.8 Å². The van der Waals surface area contributed by atoms with E-state index in [2.05, 4.69) is 10.6 Å². The number of carbonyl (C=O) groups is 3. The molecule has 2 N–H and O–H groups in total. The summed E-state index contributed by atoms with van der Waals surface area (Å²) in [5.41, 5.74) is 0.590. The van der Waals surface area contributed by atoms with Crippen LogP contribution in [0.5, 0.6) is 0 Å². The Hall–Kier alpha value is -2.84. The van der Waals surface area contributed by atoms with Crippen molar-refractivity contribution in [1.82, 2.24) is 5.32 Å². The van der Waals surface area contributed by atoms with Crippen LogP contribution in [0, 0.1) is 0 Å². The van der Waals surface area contributed by atoms with Crippen molar-refractivity contribution >= 4 is 46.4 Å². The van der Waals surface area contributed by atoms with Crippen LogP contribution in [-0.2, 0) is 16.1 Å². The van der Waals surface area contributed by atoms with Gasteiger partial charge in [0.15, 0.2) is 5.76 Å². The first-order valence-corrected chi connectivity index (χ1v) is 10.0. The van der Waals surface area contributed by atoms with Crippen molar-refractivity contribution in [2.75, 3.05) is 11.6 Å². The Kier molecular flexibility index (Phi) is 6.10. The smallest absolute Gasteiger partial charge is 0.313 e. The molecule has 0 aliphatic carbocycles. The number of rotatable bonds is 6. The molecule has 1 aromatic carbocycles. The number of carbonyl (C=O) groups excluding carboxylic acids is 3. The largest absolute Gasteiger partial charge is 0.461 e. The zero-order chi connectivity index (χ0) is 19.2. The van der Waals surface area contributed by atoms with Crippen molar-refractivity contribution in [3.05, 3.63) is 70.3 Å². The second-order valence-corrected chi connectivity index (χ2v) is 7.43. The molecule has 8 heteroatoms. The lowest BCUT2D eigenvalue weighted by Gasteiger charge is -2.09. The van der Waals surface area contributed by atoms with Gasteiger partial charge in [-0.2, -0.15) is 0 Å². The lowest BCUT2D eigenvalue weighted by atomic mass is 10.2. The minimum absolute atomic E-state index is 0.159. The molecule has 0 aliphatic rings. The molecule has 0 fully saturated rings. The molecule has 27 heavy (non-hydrogen) atoms. The first kappa shape index (κ1) is 18.9. The number of benzene rings is 1. The Labute approximate surface area is 164 Å². The van der Waals surface area contributed by atoms with Crippen molar-refractivity contribution in [2.45, 2.75) is 11.4 Å². The van der Waals surface area contributed by atoms with Gasteiger partial charge in [-0.1, -0.05) is 12.1 Å². The van der Waals surface area contributed by atoms with E-state index in [9.17, 15) is 14.4 Å². The molecule has 3 aromatic rings. The monoisotopic (exact) mass is 400 g/mol. The number of ketones is 1. The van der Waals surface area contributed by atoms with Gasteiger partial charge in [0.25, 0.3) is 0 Å². The molecule has 0 unspecified atom stereocenters. The second-order valence-electron chi connectivity index (χ2n) is 5.41. The molecule has 6 nitrogen and oxygen atoms in total. The minimum Gasteiger partial charge on any atom is -0.461 e. The third-order valence-corrected chi connectivity index (χ3v) is 5.49. The summed E-state index contributed by atoms with van der Waals surface area (Å²) in [5, 5.41) is 5.17. The summed E-state index contributed by atoms with van der Waals surface area (Å²) in [5.74, 6) is -1.42. The number of hydrogen-bond acceptors (Lipinski definition) is 6. The van der Waals surface area contributed by atoms with Gasteiger partial charge < -0.3 is 15.1 Å². The van der Waals surface area contributed by atoms with Crippen LogP contribution in [0.25, 0.3) is 0 Å². The molecular weight excluding hydrogens is 384 g/mol. The number of thiophene rings is 1. The van der Waals surface area contributed by atoms with E-state index >= 15 is 0 Å². The van der Waals surface area contributed by atoms with Crippen molar-refractivity contribution in [1.29, 1.82) is 0 Å². The molecule has 0 radical (unpaired) electrons. The Morgan fingerprint density at radius 1 is 1.04 bits per heavy atom. The van der Waals surface area contributed by atoms with Gasteiger partial charge in [-0.05, 0) is 42.7 Å². The summed E-state index contributed by atoms with van der Waals surface area (Å²) in [6.07, 6.45) is 3.33.